The molecule has 8 nitrogen and oxygen atoms in total. The van der Waals surface area contributed by atoms with E-state index in [1.54, 1.807) is 6.92 Å². The Morgan fingerprint density at radius 1 is 1.03 bits per heavy atom. The first-order valence-corrected chi connectivity index (χ1v) is 13.5. The van der Waals surface area contributed by atoms with Crippen LogP contribution < -0.4 is 10.6 Å². The minimum Gasteiger partial charge on any atom is -0.463 e. The lowest BCUT2D eigenvalue weighted by atomic mass is 9.94. The van der Waals surface area contributed by atoms with Gasteiger partial charge in [-0.1, -0.05) is 60.7 Å². The van der Waals surface area contributed by atoms with Gasteiger partial charge in [0.25, 0.3) is 0 Å². The number of aromatic nitrogens is 1. The summed E-state index contributed by atoms with van der Waals surface area (Å²) in [5, 5.41) is 16.1. The van der Waals surface area contributed by atoms with E-state index in [1.165, 1.54) is 0 Å². The molecule has 3 aromatic rings. The number of fused-ring (bicyclic) bond motifs is 1. The molecule has 0 saturated heterocycles. The maximum atomic E-state index is 13.4. The van der Waals surface area contributed by atoms with Crippen LogP contribution in [-0.4, -0.2) is 53.2 Å². The number of benzene rings is 2. The Balaban J connectivity index is 1.56. The van der Waals surface area contributed by atoms with Crippen molar-refractivity contribution >= 4 is 28.7 Å². The number of rotatable bonds is 8. The zero-order valence-corrected chi connectivity index (χ0v) is 22.3. The molecular formula is C31H37N3O5. The van der Waals surface area contributed by atoms with Crippen LogP contribution >= 0.6 is 0 Å². The highest BCUT2D eigenvalue weighted by Crippen LogP contribution is 2.22. The summed E-state index contributed by atoms with van der Waals surface area (Å²) in [5.41, 5.74) is 3.05. The number of hydrogen-bond acceptors (Lipinski definition) is 5. The fraction of sp³-hybridized carbons (Fsp3) is 0.387. The first kappa shape index (κ1) is 28.1. The van der Waals surface area contributed by atoms with Crippen molar-refractivity contribution in [1.29, 1.82) is 0 Å². The number of nitrogens with one attached hydrogen (secondary N) is 3. The second-order valence-electron chi connectivity index (χ2n) is 10.3. The number of hydrogen-bond donors (Lipinski definition) is 4. The van der Waals surface area contributed by atoms with E-state index in [2.05, 4.69) is 15.6 Å². The molecule has 1 aliphatic heterocycles. The van der Waals surface area contributed by atoms with E-state index in [0.717, 1.165) is 22.0 Å². The van der Waals surface area contributed by atoms with Gasteiger partial charge in [0.15, 0.2) is 0 Å². The van der Waals surface area contributed by atoms with Crippen LogP contribution in [0, 0.1) is 11.8 Å². The maximum Gasteiger partial charge on any atom is 0.309 e. The summed E-state index contributed by atoms with van der Waals surface area (Å²) in [7, 11) is 0. The lowest BCUT2D eigenvalue weighted by Crippen LogP contribution is -2.45. The van der Waals surface area contributed by atoms with Gasteiger partial charge in [-0.2, -0.15) is 0 Å². The van der Waals surface area contributed by atoms with Gasteiger partial charge in [-0.05, 0) is 49.8 Å². The lowest BCUT2D eigenvalue weighted by molar-refractivity contribution is -0.150. The molecule has 4 rings (SSSR count). The van der Waals surface area contributed by atoms with Crippen molar-refractivity contribution in [2.24, 2.45) is 11.8 Å². The van der Waals surface area contributed by atoms with Crippen LogP contribution in [0.4, 0.5) is 0 Å². The number of aliphatic hydroxyl groups is 1. The number of H-pyrrole nitrogens is 1. The van der Waals surface area contributed by atoms with Crippen LogP contribution in [0.5, 0.6) is 0 Å². The van der Waals surface area contributed by atoms with Gasteiger partial charge in [-0.3, -0.25) is 14.4 Å². The van der Waals surface area contributed by atoms with Crippen LogP contribution in [0.15, 0.2) is 72.9 Å². The zero-order chi connectivity index (χ0) is 27.6. The SMILES string of the molecule is C[C@H](CO)NC(=O)C[C@H]1CC=CC[C@H](Cc2ccccc2)C(=O)OC[C@H](Cc2c[nH]c3ccccc23)NC1=O. The molecular weight excluding hydrogens is 494 g/mol. The molecule has 4 atom stereocenters. The molecule has 0 fully saturated rings. The van der Waals surface area contributed by atoms with E-state index in [9.17, 15) is 19.5 Å². The van der Waals surface area contributed by atoms with Crippen molar-refractivity contribution in [2.45, 2.75) is 51.1 Å². The third-order valence-corrected chi connectivity index (χ3v) is 7.06. The van der Waals surface area contributed by atoms with Gasteiger partial charge < -0.3 is 25.5 Å². The minimum atomic E-state index is -0.597. The van der Waals surface area contributed by atoms with Gasteiger partial charge >= 0.3 is 5.97 Å². The van der Waals surface area contributed by atoms with Gasteiger partial charge in [0.2, 0.25) is 11.8 Å². The monoisotopic (exact) mass is 531 g/mol. The Labute approximate surface area is 228 Å². The molecule has 1 aliphatic rings. The summed E-state index contributed by atoms with van der Waals surface area (Å²) in [6, 6.07) is 16.9. The lowest BCUT2D eigenvalue weighted by Gasteiger charge is -2.24. The number of cyclic esters (lactones) is 1. The number of aliphatic hydroxyl groups excluding tert-OH is 1. The second-order valence-corrected chi connectivity index (χ2v) is 10.3. The number of esters is 1. The smallest absolute Gasteiger partial charge is 0.309 e. The summed E-state index contributed by atoms with van der Waals surface area (Å²) in [4.78, 5) is 42.4. The molecule has 0 unspecified atom stereocenters. The number of carbonyl (C=O) groups excluding carboxylic acids is 3. The first-order chi connectivity index (χ1) is 18.9. The van der Waals surface area contributed by atoms with Crippen molar-refractivity contribution in [1.82, 2.24) is 15.6 Å². The summed E-state index contributed by atoms with van der Waals surface area (Å²) < 4.78 is 5.80. The fourth-order valence-corrected chi connectivity index (χ4v) is 4.91. The average Bonchev–Trinajstić information content (AvgIpc) is 3.35. The van der Waals surface area contributed by atoms with Crippen molar-refractivity contribution in [2.75, 3.05) is 13.2 Å². The van der Waals surface area contributed by atoms with Crippen LogP contribution in [0.2, 0.25) is 0 Å². The van der Waals surface area contributed by atoms with Gasteiger partial charge in [0, 0.05) is 29.6 Å². The summed E-state index contributed by atoms with van der Waals surface area (Å²) in [6.45, 7) is 1.56. The van der Waals surface area contributed by atoms with Crippen LogP contribution in [0.25, 0.3) is 10.9 Å². The molecule has 0 saturated carbocycles. The Morgan fingerprint density at radius 2 is 1.74 bits per heavy atom. The van der Waals surface area contributed by atoms with E-state index in [1.807, 2.05) is 72.9 Å². The van der Waals surface area contributed by atoms with Crippen molar-refractivity contribution < 1.29 is 24.2 Å². The van der Waals surface area contributed by atoms with Crippen molar-refractivity contribution in [3.8, 4) is 0 Å². The van der Waals surface area contributed by atoms with Crippen LogP contribution in [0.1, 0.15) is 37.3 Å². The number of ether oxygens (including phenoxy) is 1. The highest BCUT2D eigenvalue weighted by molar-refractivity contribution is 5.87. The molecule has 2 heterocycles. The van der Waals surface area contributed by atoms with Gasteiger partial charge in [0.1, 0.15) is 6.61 Å². The molecule has 8 heteroatoms. The number of aromatic amines is 1. The topological polar surface area (TPSA) is 121 Å². The minimum absolute atomic E-state index is 0.00640. The van der Waals surface area contributed by atoms with Crippen LogP contribution in [-0.2, 0) is 32.0 Å². The Hall–Kier alpha value is -3.91. The van der Waals surface area contributed by atoms with Crippen molar-refractivity contribution in [3.63, 3.8) is 0 Å². The molecule has 1 aromatic heterocycles. The molecule has 0 radical (unpaired) electrons. The predicted octanol–water partition coefficient (Wildman–Crippen LogP) is 3.45. The average molecular weight is 532 g/mol. The highest BCUT2D eigenvalue weighted by Gasteiger charge is 2.27. The van der Waals surface area contributed by atoms with E-state index in [0.29, 0.717) is 25.7 Å². The number of carbonyl (C=O) groups is 3. The van der Waals surface area contributed by atoms with Gasteiger partial charge in [-0.15, -0.1) is 0 Å². The first-order valence-electron chi connectivity index (χ1n) is 13.5. The number of amides is 2. The molecule has 2 amide bonds. The highest BCUT2D eigenvalue weighted by atomic mass is 16.5. The molecule has 0 bridgehead atoms. The summed E-state index contributed by atoms with van der Waals surface area (Å²) >= 11 is 0. The number of allylic oxidation sites excluding steroid dienone is 2. The second kappa shape index (κ2) is 13.8. The molecule has 4 N–H and O–H groups in total. The molecule has 206 valence electrons. The fourth-order valence-electron chi connectivity index (χ4n) is 4.91. The summed E-state index contributed by atoms with van der Waals surface area (Å²) in [5.74, 6) is -1.82. The van der Waals surface area contributed by atoms with E-state index >= 15 is 0 Å². The normalized spacial score (nSPS) is 21.3. The van der Waals surface area contributed by atoms with Crippen molar-refractivity contribution in [3.05, 3.63) is 84.1 Å². The maximum absolute atomic E-state index is 13.4. The zero-order valence-electron chi connectivity index (χ0n) is 22.3. The van der Waals surface area contributed by atoms with Gasteiger partial charge in [-0.25, -0.2) is 0 Å². The van der Waals surface area contributed by atoms with Crippen LogP contribution in [0.3, 0.4) is 0 Å². The molecule has 0 spiro atoms. The quantitative estimate of drug-likeness (QED) is 0.262. The molecule has 0 aliphatic carbocycles. The largest absolute Gasteiger partial charge is 0.463 e. The van der Waals surface area contributed by atoms with E-state index in [-0.39, 0.29) is 43.3 Å². The van der Waals surface area contributed by atoms with E-state index in [4.69, 9.17) is 4.74 Å². The standard InChI is InChI=1S/C31H37N3O5/c1-21(19-35)33-29(36)17-23-11-5-6-12-24(15-22-9-3-2-4-10-22)31(38)39-20-26(34-30(23)37)16-25-18-32-28-14-8-7-13-27(25)28/h2-10,13-14,18,21,23-24,26,32,35H,11-12,15-17,19-20H2,1H3,(H,33,36)(H,34,37)/t21-,23-,24-,26+/m1/s1. The molecule has 39 heavy (non-hydrogen) atoms. The predicted molar refractivity (Wildman–Crippen MR) is 150 cm³/mol. The Kier molecular flexibility index (Phi) is 9.91. The Bertz CT molecular complexity index is 1290. The number of para-hydroxylation sites is 1. The Morgan fingerprint density at radius 3 is 2.51 bits per heavy atom. The summed E-state index contributed by atoms with van der Waals surface area (Å²) in [6.07, 6.45) is 7.52. The van der Waals surface area contributed by atoms with E-state index < -0.39 is 18.0 Å². The van der Waals surface area contributed by atoms with Gasteiger partial charge in [0.05, 0.1) is 24.5 Å². The molecule has 2 aromatic carbocycles. The third-order valence-electron chi connectivity index (χ3n) is 7.06. The third kappa shape index (κ3) is 8.04.